The standard InChI is InChI=1S/C20H26N2O5S/c1-26-18-9-8-15(12-19(18)27-2)10-11-21-20(23)13-22-17-7-5-4-6-16(17)14-28(3,24)25/h4-9,12,22H,10-11,13-14H2,1-3H3,(H,21,23). The van der Waals surface area contributed by atoms with Crippen molar-refractivity contribution in [3.8, 4) is 11.5 Å². The van der Waals surface area contributed by atoms with Gasteiger partial charge < -0.3 is 20.1 Å². The fourth-order valence-corrected chi connectivity index (χ4v) is 3.54. The van der Waals surface area contributed by atoms with Crippen molar-refractivity contribution in [2.24, 2.45) is 0 Å². The van der Waals surface area contributed by atoms with Crippen molar-refractivity contribution in [3.63, 3.8) is 0 Å². The molecule has 0 saturated carbocycles. The van der Waals surface area contributed by atoms with Crippen molar-refractivity contribution in [2.45, 2.75) is 12.2 Å². The van der Waals surface area contributed by atoms with Gasteiger partial charge >= 0.3 is 0 Å². The number of carbonyl (C=O) groups is 1. The number of anilines is 1. The normalized spacial score (nSPS) is 11.0. The topological polar surface area (TPSA) is 93.7 Å². The predicted molar refractivity (Wildman–Crippen MR) is 110 cm³/mol. The summed E-state index contributed by atoms with van der Waals surface area (Å²) < 4.78 is 33.5. The summed E-state index contributed by atoms with van der Waals surface area (Å²) in [6, 6.07) is 12.7. The molecule has 152 valence electrons. The van der Waals surface area contributed by atoms with E-state index < -0.39 is 9.84 Å². The quantitative estimate of drug-likeness (QED) is 0.627. The van der Waals surface area contributed by atoms with Crippen molar-refractivity contribution < 1.29 is 22.7 Å². The molecule has 0 aromatic heterocycles. The summed E-state index contributed by atoms with van der Waals surface area (Å²) in [5.41, 5.74) is 2.30. The first-order valence-electron chi connectivity index (χ1n) is 8.79. The van der Waals surface area contributed by atoms with Gasteiger partial charge in [0.25, 0.3) is 0 Å². The summed E-state index contributed by atoms with van der Waals surface area (Å²) in [4.78, 5) is 12.1. The molecule has 0 atom stereocenters. The van der Waals surface area contributed by atoms with E-state index in [1.807, 2.05) is 18.2 Å². The highest BCUT2D eigenvalue weighted by Gasteiger charge is 2.10. The fourth-order valence-electron chi connectivity index (χ4n) is 2.72. The Bertz CT molecular complexity index is 913. The number of nitrogens with one attached hydrogen (secondary N) is 2. The van der Waals surface area contributed by atoms with Crippen LogP contribution in [0, 0.1) is 0 Å². The molecule has 0 aliphatic rings. The van der Waals surface area contributed by atoms with Crippen molar-refractivity contribution >= 4 is 21.4 Å². The van der Waals surface area contributed by atoms with Gasteiger partial charge in [0, 0.05) is 18.5 Å². The zero-order valence-electron chi connectivity index (χ0n) is 16.3. The van der Waals surface area contributed by atoms with Crippen LogP contribution in [0.3, 0.4) is 0 Å². The van der Waals surface area contributed by atoms with E-state index in [-0.39, 0.29) is 18.2 Å². The Morgan fingerprint density at radius 3 is 2.43 bits per heavy atom. The summed E-state index contributed by atoms with van der Waals surface area (Å²) in [6.07, 6.45) is 1.83. The van der Waals surface area contributed by atoms with Gasteiger partial charge in [-0.2, -0.15) is 0 Å². The SMILES string of the molecule is COc1ccc(CCNC(=O)CNc2ccccc2CS(C)(=O)=O)cc1OC. The van der Waals surface area contributed by atoms with Gasteiger partial charge in [-0.05, 0) is 35.7 Å². The van der Waals surface area contributed by atoms with Crippen molar-refractivity contribution in [2.75, 3.05) is 38.9 Å². The maximum Gasteiger partial charge on any atom is 0.239 e. The number of amides is 1. The number of rotatable bonds is 10. The highest BCUT2D eigenvalue weighted by molar-refractivity contribution is 7.89. The van der Waals surface area contributed by atoms with Gasteiger partial charge in [0.2, 0.25) is 5.91 Å². The average Bonchev–Trinajstić information content (AvgIpc) is 2.66. The molecule has 0 aliphatic heterocycles. The largest absolute Gasteiger partial charge is 0.493 e. The molecule has 1 amide bonds. The summed E-state index contributed by atoms with van der Waals surface area (Å²) in [5.74, 6) is 1.06. The Morgan fingerprint density at radius 1 is 1.04 bits per heavy atom. The Morgan fingerprint density at radius 2 is 1.75 bits per heavy atom. The highest BCUT2D eigenvalue weighted by Crippen LogP contribution is 2.27. The van der Waals surface area contributed by atoms with E-state index in [0.29, 0.717) is 35.7 Å². The lowest BCUT2D eigenvalue weighted by Crippen LogP contribution is -2.31. The Hall–Kier alpha value is -2.74. The molecule has 7 nitrogen and oxygen atoms in total. The van der Waals surface area contributed by atoms with Crippen LogP contribution in [0.15, 0.2) is 42.5 Å². The summed E-state index contributed by atoms with van der Waals surface area (Å²) in [7, 11) is 0.00859. The van der Waals surface area contributed by atoms with Crippen LogP contribution in [-0.2, 0) is 26.8 Å². The minimum absolute atomic E-state index is 0.0622. The maximum absolute atomic E-state index is 12.1. The Balaban J connectivity index is 1.84. The van der Waals surface area contributed by atoms with E-state index in [0.717, 1.165) is 5.56 Å². The molecular formula is C20H26N2O5S. The zero-order chi connectivity index (χ0) is 20.6. The van der Waals surface area contributed by atoms with Gasteiger partial charge in [0.15, 0.2) is 21.3 Å². The van der Waals surface area contributed by atoms with Crippen LogP contribution in [0.25, 0.3) is 0 Å². The van der Waals surface area contributed by atoms with Gasteiger partial charge in [-0.25, -0.2) is 8.42 Å². The number of hydrogen-bond acceptors (Lipinski definition) is 6. The molecule has 0 unspecified atom stereocenters. The third-order valence-electron chi connectivity index (χ3n) is 4.06. The number of hydrogen-bond donors (Lipinski definition) is 2. The molecular weight excluding hydrogens is 380 g/mol. The number of benzene rings is 2. The zero-order valence-corrected chi connectivity index (χ0v) is 17.1. The molecule has 2 aromatic rings. The van der Waals surface area contributed by atoms with Gasteiger partial charge in [-0.3, -0.25) is 4.79 Å². The molecule has 2 N–H and O–H groups in total. The minimum atomic E-state index is -3.15. The molecule has 0 spiro atoms. The van der Waals surface area contributed by atoms with Crippen LogP contribution < -0.4 is 20.1 Å². The van der Waals surface area contributed by atoms with E-state index >= 15 is 0 Å². The van der Waals surface area contributed by atoms with Crippen LogP contribution in [-0.4, -0.2) is 47.9 Å². The monoisotopic (exact) mass is 406 g/mol. The maximum atomic E-state index is 12.1. The number of sulfone groups is 1. The van der Waals surface area contributed by atoms with Crippen LogP contribution in [0.2, 0.25) is 0 Å². The van der Waals surface area contributed by atoms with Crippen LogP contribution in [0.4, 0.5) is 5.69 Å². The minimum Gasteiger partial charge on any atom is -0.493 e. The van der Waals surface area contributed by atoms with Crippen molar-refractivity contribution in [1.29, 1.82) is 0 Å². The molecule has 0 aliphatic carbocycles. The van der Waals surface area contributed by atoms with Crippen molar-refractivity contribution in [3.05, 3.63) is 53.6 Å². The van der Waals surface area contributed by atoms with Gasteiger partial charge in [-0.15, -0.1) is 0 Å². The van der Waals surface area contributed by atoms with Crippen LogP contribution in [0.5, 0.6) is 11.5 Å². The fraction of sp³-hybridized carbons (Fsp3) is 0.350. The van der Waals surface area contributed by atoms with Crippen molar-refractivity contribution in [1.82, 2.24) is 5.32 Å². The lowest BCUT2D eigenvalue weighted by atomic mass is 10.1. The summed E-state index contributed by atoms with van der Waals surface area (Å²) in [5, 5.41) is 5.85. The predicted octanol–water partition coefficient (Wildman–Crippen LogP) is 2.02. The molecule has 0 fully saturated rings. The first-order valence-corrected chi connectivity index (χ1v) is 10.9. The number of ether oxygens (including phenoxy) is 2. The van der Waals surface area contributed by atoms with E-state index in [1.54, 1.807) is 38.5 Å². The van der Waals surface area contributed by atoms with Gasteiger partial charge in [-0.1, -0.05) is 24.3 Å². The van der Waals surface area contributed by atoms with E-state index in [2.05, 4.69) is 10.6 Å². The lowest BCUT2D eigenvalue weighted by molar-refractivity contribution is -0.119. The van der Waals surface area contributed by atoms with E-state index in [9.17, 15) is 13.2 Å². The molecule has 0 radical (unpaired) electrons. The molecule has 0 saturated heterocycles. The number of methoxy groups -OCH3 is 2. The average molecular weight is 407 g/mol. The Labute approximate surface area is 166 Å². The molecule has 28 heavy (non-hydrogen) atoms. The second-order valence-electron chi connectivity index (χ2n) is 6.37. The molecule has 0 bridgehead atoms. The number of para-hydroxylation sites is 1. The third kappa shape index (κ3) is 6.77. The molecule has 2 rings (SSSR count). The van der Waals surface area contributed by atoms with Crippen LogP contribution in [0.1, 0.15) is 11.1 Å². The number of carbonyl (C=O) groups excluding carboxylic acids is 1. The molecule has 8 heteroatoms. The second-order valence-corrected chi connectivity index (χ2v) is 8.51. The highest BCUT2D eigenvalue weighted by atomic mass is 32.2. The van der Waals surface area contributed by atoms with Gasteiger partial charge in [0.1, 0.15) is 0 Å². The van der Waals surface area contributed by atoms with E-state index in [1.165, 1.54) is 6.26 Å². The molecule has 2 aromatic carbocycles. The Kier molecular flexibility index (Phi) is 7.69. The summed E-state index contributed by atoms with van der Waals surface area (Å²) in [6.45, 7) is 0.535. The van der Waals surface area contributed by atoms with E-state index in [4.69, 9.17) is 9.47 Å². The smallest absolute Gasteiger partial charge is 0.239 e. The van der Waals surface area contributed by atoms with Gasteiger partial charge in [0.05, 0.1) is 26.5 Å². The summed E-state index contributed by atoms with van der Waals surface area (Å²) >= 11 is 0. The van der Waals surface area contributed by atoms with Crippen LogP contribution >= 0.6 is 0 Å². The first-order chi connectivity index (χ1) is 13.3. The molecule has 0 heterocycles. The lowest BCUT2D eigenvalue weighted by Gasteiger charge is -2.12. The second kappa shape index (κ2) is 9.98. The third-order valence-corrected chi connectivity index (χ3v) is 4.89. The first kappa shape index (κ1) is 21.6.